The Balaban J connectivity index is 1.71. The fraction of sp³-hybridized carbons (Fsp3) is 0.625. The van der Waals surface area contributed by atoms with Crippen molar-refractivity contribution < 1.29 is 4.74 Å². The first-order chi connectivity index (χ1) is 10.3. The lowest BCUT2D eigenvalue weighted by atomic mass is 10.1. The number of pyridine rings is 1. The van der Waals surface area contributed by atoms with Crippen LogP contribution in [0.1, 0.15) is 31.2 Å². The zero-order chi connectivity index (χ0) is 14.2. The Morgan fingerprint density at radius 3 is 3.10 bits per heavy atom. The van der Waals surface area contributed by atoms with E-state index in [0.717, 1.165) is 49.5 Å². The normalized spacial score (nSPS) is 26.9. The topological polar surface area (TPSA) is 43.2 Å². The highest BCUT2D eigenvalue weighted by molar-refractivity contribution is 5.71. The van der Waals surface area contributed by atoms with E-state index in [2.05, 4.69) is 27.6 Å². The summed E-state index contributed by atoms with van der Waals surface area (Å²) < 4.78 is 8.19. The largest absolute Gasteiger partial charge is 0.370 e. The van der Waals surface area contributed by atoms with E-state index in [9.17, 15) is 0 Å². The second-order valence-electron chi connectivity index (χ2n) is 6.35. The summed E-state index contributed by atoms with van der Waals surface area (Å²) in [6.07, 6.45) is 5.48. The van der Waals surface area contributed by atoms with Gasteiger partial charge in [0.2, 0.25) is 0 Å². The molecule has 21 heavy (non-hydrogen) atoms. The third kappa shape index (κ3) is 2.45. The Kier molecular flexibility index (Phi) is 3.39. The highest BCUT2D eigenvalue weighted by Gasteiger charge is 2.27. The van der Waals surface area contributed by atoms with Gasteiger partial charge < -0.3 is 14.2 Å². The lowest BCUT2D eigenvalue weighted by Gasteiger charge is -2.16. The molecule has 4 heterocycles. The van der Waals surface area contributed by atoms with E-state index >= 15 is 0 Å². The highest BCUT2D eigenvalue weighted by atomic mass is 16.5. The second-order valence-corrected chi connectivity index (χ2v) is 6.35. The van der Waals surface area contributed by atoms with Crippen LogP contribution in [0.3, 0.4) is 0 Å². The summed E-state index contributed by atoms with van der Waals surface area (Å²) in [5.41, 5.74) is 2.01. The standard InChI is InChI=1S/C16H22N4O/c1-19-8-6-12(10-19)11-20-15-13(4-2-7-17-15)18-16(20)14-5-3-9-21-14/h2,4,7,12,14H,3,5-6,8-11H2,1H3. The van der Waals surface area contributed by atoms with Gasteiger partial charge in [-0.1, -0.05) is 0 Å². The molecule has 4 rings (SSSR count). The zero-order valence-electron chi connectivity index (χ0n) is 12.5. The van der Waals surface area contributed by atoms with Gasteiger partial charge >= 0.3 is 0 Å². The van der Waals surface area contributed by atoms with Gasteiger partial charge in [0, 0.05) is 25.9 Å². The molecule has 0 spiro atoms. The number of hydrogen-bond donors (Lipinski definition) is 0. The Bertz CT molecular complexity index is 632. The van der Waals surface area contributed by atoms with Crippen LogP contribution in [0.4, 0.5) is 0 Å². The molecule has 2 fully saturated rings. The fourth-order valence-electron chi connectivity index (χ4n) is 3.62. The Hall–Kier alpha value is -1.46. The minimum absolute atomic E-state index is 0.151. The van der Waals surface area contributed by atoms with Gasteiger partial charge in [0.05, 0.1) is 0 Å². The van der Waals surface area contributed by atoms with E-state index in [1.54, 1.807) is 0 Å². The minimum atomic E-state index is 0.151. The number of fused-ring (bicyclic) bond motifs is 1. The van der Waals surface area contributed by atoms with Gasteiger partial charge in [0.1, 0.15) is 17.4 Å². The molecule has 2 unspecified atom stereocenters. The van der Waals surface area contributed by atoms with Crippen LogP contribution in [0.5, 0.6) is 0 Å². The van der Waals surface area contributed by atoms with Crippen molar-refractivity contribution in [2.75, 3.05) is 26.7 Å². The van der Waals surface area contributed by atoms with Gasteiger partial charge in [0.25, 0.3) is 0 Å². The first-order valence-corrected chi connectivity index (χ1v) is 7.92. The van der Waals surface area contributed by atoms with Crippen LogP contribution in [-0.4, -0.2) is 46.2 Å². The number of likely N-dealkylation sites (tertiary alicyclic amines) is 1. The highest BCUT2D eigenvalue weighted by Crippen LogP contribution is 2.31. The van der Waals surface area contributed by atoms with E-state index in [1.165, 1.54) is 13.0 Å². The van der Waals surface area contributed by atoms with Crippen molar-refractivity contribution in [1.29, 1.82) is 0 Å². The molecule has 5 heteroatoms. The molecule has 0 amide bonds. The Morgan fingerprint density at radius 1 is 1.38 bits per heavy atom. The van der Waals surface area contributed by atoms with Crippen LogP contribution in [0.15, 0.2) is 18.3 Å². The predicted octanol–water partition coefficient (Wildman–Crippen LogP) is 2.23. The van der Waals surface area contributed by atoms with Crippen LogP contribution in [0.25, 0.3) is 11.2 Å². The summed E-state index contributed by atoms with van der Waals surface area (Å²) >= 11 is 0. The lowest BCUT2D eigenvalue weighted by molar-refractivity contribution is 0.101. The minimum Gasteiger partial charge on any atom is -0.370 e. The van der Waals surface area contributed by atoms with E-state index in [0.29, 0.717) is 5.92 Å². The zero-order valence-corrected chi connectivity index (χ0v) is 12.5. The van der Waals surface area contributed by atoms with Crippen molar-refractivity contribution in [2.24, 2.45) is 5.92 Å². The number of hydrogen-bond acceptors (Lipinski definition) is 4. The maximum absolute atomic E-state index is 5.87. The van der Waals surface area contributed by atoms with Crippen LogP contribution in [0.2, 0.25) is 0 Å². The van der Waals surface area contributed by atoms with E-state index in [4.69, 9.17) is 9.72 Å². The van der Waals surface area contributed by atoms with Gasteiger partial charge in [-0.25, -0.2) is 9.97 Å². The van der Waals surface area contributed by atoms with Crippen molar-refractivity contribution >= 4 is 11.2 Å². The SMILES string of the molecule is CN1CCC(Cn2c(C3CCCO3)nc3cccnc32)C1. The number of ether oxygens (including phenoxy) is 1. The maximum Gasteiger partial charge on any atom is 0.160 e. The predicted molar refractivity (Wildman–Crippen MR) is 81.1 cm³/mol. The van der Waals surface area contributed by atoms with Gasteiger partial charge in [-0.3, -0.25) is 0 Å². The summed E-state index contributed by atoms with van der Waals surface area (Å²) in [6, 6.07) is 4.01. The summed E-state index contributed by atoms with van der Waals surface area (Å²) in [5.74, 6) is 1.77. The van der Waals surface area contributed by atoms with Crippen LogP contribution in [0, 0.1) is 5.92 Å². The van der Waals surface area contributed by atoms with Crippen molar-refractivity contribution in [3.05, 3.63) is 24.2 Å². The van der Waals surface area contributed by atoms with Crippen molar-refractivity contribution in [1.82, 2.24) is 19.4 Å². The van der Waals surface area contributed by atoms with Crippen LogP contribution < -0.4 is 0 Å². The first-order valence-electron chi connectivity index (χ1n) is 7.92. The third-order valence-corrected chi connectivity index (χ3v) is 4.68. The van der Waals surface area contributed by atoms with Gasteiger partial charge in [-0.2, -0.15) is 0 Å². The van der Waals surface area contributed by atoms with E-state index in [1.807, 2.05) is 12.3 Å². The molecule has 0 N–H and O–H groups in total. The van der Waals surface area contributed by atoms with Crippen molar-refractivity contribution in [3.8, 4) is 0 Å². The molecular weight excluding hydrogens is 264 g/mol. The number of imidazole rings is 1. The molecule has 2 saturated heterocycles. The molecule has 2 aromatic heterocycles. The first kappa shape index (κ1) is 13.2. The molecule has 2 aliphatic heterocycles. The summed E-state index contributed by atoms with van der Waals surface area (Å²) in [4.78, 5) is 11.8. The lowest BCUT2D eigenvalue weighted by Crippen LogP contribution is -2.19. The second kappa shape index (κ2) is 5.39. The molecule has 0 radical (unpaired) electrons. The average molecular weight is 286 g/mol. The van der Waals surface area contributed by atoms with E-state index in [-0.39, 0.29) is 6.10 Å². The molecule has 0 aromatic carbocycles. The smallest absolute Gasteiger partial charge is 0.160 e. The molecule has 0 bridgehead atoms. The van der Waals surface area contributed by atoms with E-state index < -0.39 is 0 Å². The molecule has 2 aromatic rings. The van der Waals surface area contributed by atoms with Crippen LogP contribution in [-0.2, 0) is 11.3 Å². The molecule has 2 atom stereocenters. The average Bonchev–Trinajstić information content (AvgIpc) is 3.20. The van der Waals surface area contributed by atoms with Crippen LogP contribution >= 0.6 is 0 Å². The van der Waals surface area contributed by atoms with Gasteiger partial charge in [-0.05, 0) is 50.9 Å². The molecular formula is C16H22N4O. The molecule has 0 aliphatic carbocycles. The molecule has 112 valence electrons. The maximum atomic E-state index is 5.87. The quantitative estimate of drug-likeness (QED) is 0.868. The summed E-state index contributed by atoms with van der Waals surface area (Å²) in [6.45, 7) is 4.22. The number of aromatic nitrogens is 3. The van der Waals surface area contributed by atoms with Gasteiger partial charge in [0.15, 0.2) is 5.65 Å². The number of nitrogens with zero attached hydrogens (tertiary/aromatic N) is 4. The molecule has 2 aliphatic rings. The van der Waals surface area contributed by atoms with Gasteiger partial charge in [-0.15, -0.1) is 0 Å². The Labute approximate surface area is 124 Å². The Morgan fingerprint density at radius 2 is 2.33 bits per heavy atom. The fourth-order valence-corrected chi connectivity index (χ4v) is 3.62. The molecule has 5 nitrogen and oxygen atoms in total. The monoisotopic (exact) mass is 286 g/mol. The molecule has 0 saturated carbocycles. The van der Waals surface area contributed by atoms with Crippen molar-refractivity contribution in [2.45, 2.75) is 31.9 Å². The summed E-state index contributed by atoms with van der Waals surface area (Å²) in [5, 5.41) is 0. The van der Waals surface area contributed by atoms with Crippen molar-refractivity contribution in [3.63, 3.8) is 0 Å². The number of rotatable bonds is 3. The third-order valence-electron chi connectivity index (χ3n) is 4.68. The summed E-state index contributed by atoms with van der Waals surface area (Å²) in [7, 11) is 2.20.